The van der Waals surface area contributed by atoms with E-state index in [-0.39, 0.29) is 19.4 Å². The van der Waals surface area contributed by atoms with Crippen LogP contribution in [-0.2, 0) is 4.74 Å². The Hall–Kier alpha value is -0.290. The molecule has 13 heavy (non-hydrogen) atoms. The highest BCUT2D eigenvalue weighted by Crippen LogP contribution is 2.48. The minimum atomic E-state index is -4.11. The van der Waals surface area contributed by atoms with Gasteiger partial charge in [-0.05, 0) is 19.8 Å². The Morgan fingerprint density at radius 2 is 2.00 bits per heavy atom. The van der Waals surface area contributed by atoms with Crippen LogP contribution in [0.15, 0.2) is 0 Å². The molecule has 1 N–H and O–H groups in total. The number of alkyl halides is 3. The lowest BCUT2D eigenvalue weighted by molar-refractivity contribution is -0.166. The quantitative estimate of drug-likeness (QED) is 0.677. The number of halogens is 3. The van der Waals surface area contributed by atoms with Gasteiger partial charge in [-0.2, -0.15) is 13.2 Å². The largest absolute Gasteiger partial charge is 0.406 e. The Bertz CT molecular complexity index is 165. The number of rotatable bonds is 5. The summed E-state index contributed by atoms with van der Waals surface area (Å²) < 4.78 is 41.8. The summed E-state index contributed by atoms with van der Waals surface area (Å²) in [6.07, 6.45) is -3.72. The summed E-state index contributed by atoms with van der Waals surface area (Å²) >= 11 is 0. The van der Waals surface area contributed by atoms with Gasteiger partial charge in [0.05, 0.1) is 6.61 Å². The molecule has 0 aromatic heterocycles. The molecular formula is C8H14F3NO. The molecule has 2 nitrogen and oxygen atoms in total. The molecule has 0 bridgehead atoms. The first-order chi connectivity index (χ1) is 6.02. The molecule has 5 heteroatoms. The van der Waals surface area contributed by atoms with Gasteiger partial charge in [-0.15, -0.1) is 0 Å². The van der Waals surface area contributed by atoms with Crippen molar-refractivity contribution in [3.63, 3.8) is 0 Å². The Morgan fingerprint density at radius 3 is 2.38 bits per heavy atom. The van der Waals surface area contributed by atoms with Crippen LogP contribution in [-0.4, -0.2) is 31.5 Å². The van der Waals surface area contributed by atoms with Gasteiger partial charge < -0.3 is 10.1 Å². The van der Waals surface area contributed by atoms with Gasteiger partial charge in [0.2, 0.25) is 0 Å². The minimum absolute atomic E-state index is 0.197. The van der Waals surface area contributed by atoms with E-state index in [1.165, 1.54) is 0 Å². The molecule has 0 saturated heterocycles. The molecular weight excluding hydrogens is 183 g/mol. The zero-order valence-electron chi connectivity index (χ0n) is 7.58. The highest BCUT2D eigenvalue weighted by Gasteiger charge is 2.62. The SMILES string of the molecule is CCOCCNC1(C(F)(F)F)CC1. The van der Waals surface area contributed by atoms with Crippen LogP contribution in [0.5, 0.6) is 0 Å². The highest BCUT2D eigenvalue weighted by molar-refractivity contribution is 5.07. The number of ether oxygens (including phenoxy) is 1. The first-order valence-electron chi connectivity index (χ1n) is 4.41. The number of nitrogens with one attached hydrogen (secondary N) is 1. The van der Waals surface area contributed by atoms with E-state index >= 15 is 0 Å². The number of hydrogen-bond donors (Lipinski definition) is 1. The average molecular weight is 197 g/mol. The molecule has 1 aliphatic rings. The Kier molecular flexibility index (Phi) is 3.18. The Balaban J connectivity index is 2.21. The first-order valence-corrected chi connectivity index (χ1v) is 4.41. The molecule has 0 atom stereocenters. The molecule has 0 aromatic carbocycles. The molecule has 0 heterocycles. The third-order valence-corrected chi connectivity index (χ3v) is 2.21. The molecule has 1 aliphatic carbocycles. The summed E-state index contributed by atoms with van der Waals surface area (Å²) in [5.41, 5.74) is -1.59. The molecule has 78 valence electrons. The summed E-state index contributed by atoms with van der Waals surface area (Å²) in [5, 5.41) is 2.49. The molecule has 1 rings (SSSR count). The van der Waals surface area contributed by atoms with E-state index in [0.717, 1.165) is 0 Å². The highest BCUT2D eigenvalue weighted by atomic mass is 19.4. The molecule has 0 spiro atoms. The van der Waals surface area contributed by atoms with Gasteiger partial charge in [-0.25, -0.2) is 0 Å². The van der Waals surface area contributed by atoms with Crippen molar-refractivity contribution < 1.29 is 17.9 Å². The van der Waals surface area contributed by atoms with E-state index in [0.29, 0.717) is 13.2 Å². The molecule has 0 unspecified atom stereocenters. The van der Waals surface area contributed by atoms with Gasteiger partial charge in [0.1, 0.15) is 5.54 Å². The van der Waals surface area contributed by atoms with Crippen molar-refractivity contribution in [2.45, 2.75) is 31.5 Å². The van der Waals surface area contributed by atoms with Crippen molar-refractivity contribution in [1.82, 2.24) is 5.32 Å². The van der Waals surface area contributed by atoms with Gasteiger partial charge >= 0.3 is 6.18 Å². The fourth-order valence-corrected chi connectivity index (χ4v) is 1.19. The van der Waals surface area contributed by atoms with Crippen molar-refractivity contribution in [1.29, 1.82) is 0 Å². The Morgan fingerprint density at radius 1 is 1.38 bits per heavy atom. The van der Waals surface area contributed by atoms with Crippen LogP contribution in [0.2, 0.25) is 0 Å². The van der Waals surface area contributed by atoms with Crippen LogP contribution in [0.3, 0.4) is 0 Å². The van der Waals surface area contributed by atoms with Gasteiger partial charge in [-0.1, -0.05) is 0 Å². The summed E-state index contributed by atoms with van der Waals surface area (Å²) in [5.74, 6) is 0. The third-order valence-electron chi connectivity index (χ3n) is 2.21. The van der Waals surface area contributed by atoms with Crippen LogP contribution in [0.25, 0.3) is 0 Å². The molecule has 1 fully saturated rings. The van der Waals surface area contributed by atoms with Crippen LogP contribution in [0.1, 0.15) is 19.8 Å². The van der Waals surface area contributed by atoms with Crippen LogP contribution < -0.4 is 5.32 Å². The second kappa shape index (κ2) is 3.84. The third kappa shape index (κ3) is 2.57. The summed E-state index contributed by atoms with van der Waals surface area (Å²) in [6, 6.07) is 0. The number of hydrogen-bond acceptors (Lipinski definition) is 2. The normalized spacial score (nSPS) is 20.3. The van der Waals surface area contributed by atoms with Crippen molar-refractivity contribution in [2.75, 3.05) is 19.8 Å². The van der Waals surface area contributed by atoms with Crippen molar-refractivity contribution in [3.05, 3.63) is 0 Å². The van der Waals surface area contributed by atoms with E-state index < -0.39 is 11.7 Å². The Labute approximate surface area is 75.4 Å². The predicted octanol–water partition coefficient (Wildman–Crippen LogP) is 1.71. The van der Waals surface area contributed by atoms with Crippen LogP contribution in [0, 0.1) is 0 Å². The fraction of sp³-hybridized carbons (Fsp3) is 1.00. The van der Waals surface area contributed by atoms with E-state index in [1.54, 1.807) is 0 Å². The molecule has 0 amide bonds. The van der Waals surface area contributed by atoms with Gasteiger partial charge in [0, 0.05) is 13.2 Å². The van der Waals surface area contributed by atoms with Gasteiger partial charge in [0.15, 0.2) is 0 Å². The maximum atomic E-state index is 12.3. The van der Waals surface area contributed by atoms with Crippen molar-refractivity contribution in [3.8, 4) is 0 Å². The maximum absolute atomic E-state index is 12.3. The second-order valence-electron chi connectivity index (χ2n) is 3.20. The van der Waals surface area contributed by atoms with Crippen molar-refractivity contribution >= 4 is 0 Å². The summed E-state index contributed by atoms with van der Waals surface area (Å²) in [4.78, 5) is 0. The van der Waals surface area contributed by atoms with Gasteiger partial charge in [0.25, 0.3) is 0 Å². The topological polar surface area (TPSA) is 21.3 Å². The van der Waals surface area contributed by atoms with Crippen LogP contribution >= 0.6 is 0 Å². The predicted molar refractivity (Wildman–Crippen MR) is 42.5 cm³/mol. The first kappa shape index (κ1) is 10.8. The standard InChI is InChI=1S/C8H14F3NO/c1-2-13-6-5-12-7(3-4-7)8(9,10)11/h12H,2-6H2,1H3. The molecule has 0 radical (unpaired) electrons. The lowest BCUT2D eigenvalue weighted by atomic mass is 10.2. The molecule has 0 aliphatic heterocycles. The smallest absolute Gasteiger partial charge is 0.380 e. The molecule has 1 saturated carbocycles. The zero-order valence-corrected chi connectivity index (χ0v) is 7.58. The van der Waals surface area contributed by atoms with E-state index in [4.69, 9.17) is 4.74 Å². The maximum Gasteiger partial charge on any atom is 0.406 e. The lowest BCUT2D eigenvalue weighted by Gasteiger charge is -2.20. The van der Waals surface area contributed by atoms with Crippen molar-refractivity contribution in [2.24, 2.45) is 0 Å². The summed E-state index contributed by atoms with van der Waals surface area (Å²) in [6.45, 7) is 2.97. The molecule has 0 aromatic rings. The fourth-order valence-electron chi connectivity index (χ4n) is 1.19. The summed E-state index contributed by atoms with van der Waals surface area (Å²) in [7, 11) is 0. The van der Waals surface area contributed by atoms with E-state index in [1.807, 2.05) is 6.92 Å². The monoisotopic (exact) mass is 197 g/mol. The lowest BCUT2D eigenvalue weighted by Crippen LogP contribution is -2.46. The van der Waals surface area contributed by atoms with Gasteiger partial charge in [-0.3, -0.25) is 0 Å². The average Bonchev–Trinajstić information content (AvgIpc) is 2.77. The zero-order chi connectivity index (χ0) is 9.95. The van der Waals surface area contributed by atoms with E-state index in [9.17, 15) is 13.2 Å². The minimum Gasteiger partial charge on any atom is -0.380 e. The van der Waals surface area contributed by atoms with Crippen LogP contribution in [0.4, 0.5) is 13.2 Å². The van der Waals surface area contributed by atoms with E-state index in [2.05, 4.69) is 5.32 Å². The second-order valence-corrected chi connectivity index (χ2v) is 3.20.